The number of aromatic amines is 1. The Kier molecular flexibility index (Phi) is 6.89. The van der Waals surface area contributed by atoms with Crippen molar-refractivity contribution in [3.05, 3.63) is 75.8 Å². The molecule has 0 aliphatic rings. The summed E-state index contributed by atoms with van der Waals surface area (Å²) in [5.41, 5.74) is 3.17. The zero-order valence-electron chi connectivity index (χ0n) is 17.8. The molecule has 0 radical (unpaired) electrons. The monoisotopic (exact) mass is 434 g/mol. The van der Waals surface area contributed by atoms with E-state index in [2.05, 4.69) is 61.8 Å². The predicted octanol–water partition coefficient (Wildman–Crippen LogP) is 4.64. The third-order valence-corrected chi connectivity index (χ3v) is 6.04. The molecule has 0 saturated heterocycles. The van der Waals surface area contributed by atoms with Crippen LogP contribution in [0.4, 0.5) is 0 Å². The Morgan fingerprint density at radius 1 is 1.23 bits per heavy atom. The summed E-state index contributed by atoms with van der Waals surface area (Å²) in [4.78, 5) is 6.01. The Morgan fingerprint density at radius 3 is 2.87 bits per heavy atom. The van der Waals surface area contributed by atoms with Crippen molar-refractivity contribution in [2.45, 2.75) is 39.2 Å². The standard InChI is InChI=1S/C23H26N6OS/c1-3-4-11-22-24-15-19(29(22)16-17-8-5-6-10-21(17)30-2)13-18(23-25-27-28-26-23)14-20-9-7-12-31-20/h5-10,12-13,15H,3-4,11,14,16H2,1-2H3,(H,25,26,27,28). The van der Waals surface area contributed by atoms with E-state index < -0.39 is 0 Å². The van der Waals surface area contributed by atoms with E-state index in [9.17, 15) is 0 Å². The number of aryl methyl sites for hydroxylation is 1. The van der Waals surface area contributed by atoms with E-state index in [1.54, 1.807) is 18.4 Å². The molecule has 0 spiro atoms. The maximum atomic E-state index is 5.59. The summed E-state index contributed by atoms with van der Waals surface area (Å²) >= 11 is 1.72. The van der Waals surface area contributed by atoms with Crippen LogP contribution in [-0.2, 0) is 19.4 Å². The van der Waals surface area contributed by atoms with E-state index >= 15 is 0 Å². The number of benzene rings is 1. The van der Waals surface area contributed by atoms with Crippen LogP contribution in [0.25, 0.3) is 11.6 Å². The van der Waals surface area contributed by atoms with Crippen molar-refractivity contribution in [2.24, 2.45) is 0 Å². The van der Waals surface area contributed by atoms with Gasteiger partial charge in [0.15, 0.2) is 5.82 Å². The van der Waals surface area contributed by atoms with E-state index in [0.29, 0.717) is 12.4 Å². The molecular weight excluding hydrogens is 408 g/mol. The molecule has 0 saturated carbocycles. The van der Waals surface area contributed by atoms with Gasteiger partial charge in [-0.3, -0.25) is 0 Å². The lowest BCUT2D eigenvalue weighted by atomic mass is 10.1. The zero-order chi connectivity index (χ0) is 21.5. The Balaban J connectivity index is 1.74. The van der Waals surface area contributed by atoms with Gasteiger partial charge < -0.3 is 9.30 Å². The first-order chi connectivity index (χ1) is 15.3. The molecule has 7 nitrogen and oxygen atoms in total. The van der Waals surface area contributed by atoms with Gasteiger partial charge in [0, 0.05) is 28.9 Å². The molecule has 0 amide bonds. The van der Waals surface area contributed by atoms with Gasteiger partial charge in [0.1, 0.15) is 11.6 Å². The normalized spacial score (nSPS) is 11.7. The first-order valence-corrected chi connectivity index (χ1v) is 11.3. The number of allylic oxidation sites excluding steroid dienone is 1. The van der Waals surface area contributed by atoms with Gasteiger partial charge in [-0.2, -0.15) is 0 Å². The number of imidazole rings is 1. The fourth-order valence-corrected chi connectivity index (χ4v) is 4.27. The van der Waals surface area contributed by atoms with Crippen molar-refractivity contribution >= 4 is 23.0 Å². The van der Waals surface area contributed by atoms with Crippen LogP contribution in [0.15, 0.2) is 48.0 Å². The summed E-state index contributed by atoms with van der Waals surface area (Å²) < 4.78 is 7.86. The number of ether oxygens (including phenoxy) is 1. The minimum atomic E-state index is 0.675. The van der Waals surface area contributed by atoms with Crippen LogP contribution in [0.3, 0.4) is 0 Å². The molecule has 3 heterocycles. The number of thiophene rings is 1. The highest BCUT2D eigenvalue weighted by Gasteiger charge is 2.14. The minimum absolute atomic E-state index is 0.675. The summed E-state index contributed by atoms with van der Waals surface area (Å²) in [5.74, 6) is 2.63. The molecule has 3 aromatic heterocycles. The van der Waals surface area contributed by atoms with Crippen LogP contribution in [-0.4, -0.2) is 37.3 Å². The summed E-state index contributed by atoms with van der Waals surface area (Å²) in [5, 5.41) is 16.7. The summed E-state index contributed by atoms with van der Waals surface area (Å²) in [6.45, 7) is 2.89. The lowest BCUT2D eigenvalue weighted by Gasteiger charge is -2.14. The Morgan fingerprint density at radius 2 is 2.13 bits per heavy atom. The molecule has 4 aromatic rings. The van der Waals surface area contributed by atoms with Crippen molar-refractivity contribution in [3.63, 3.8) is 0 Å². The number of tetrazole rings is 1. The molecule has 0 aliphatic carbocycles. The molecule has 0 aliphatic heterocycles. The molecule has 0 fully saturated rings. The smallest absolute Gasteiger partial charge is 0.175 e. The third-order valence-electron chi connectivity index (χ3n) is 5.16. The molecule has 31 heavy (non-hydrogen) atoms. The average Bonchev–Trinajstić information content (AvgIpc) is 3.56. The molecule has 4 rings (SSSR count). The number of hydrogen-bond donors (Lipinski definition) is 1. The fourth-order valence-electron chi connectivity index (χ4n) is 3.54. The number of unbranched alkanes of at least 4 members (excludes halogenated alkanes) is 1. The first-order valence-electron chi connectivity index (χ1n) is 10.4. The number of nitrogens with one attached hydrogen (secondary N) is 1. The fraction of sp³-hybridized carbons (Fsp3) is 0.304. The average molecular weight is 435 g/mol. The van der Waals surface area contributed by atoms with Gasteiger partial charge in [-0.05, 0) is 40.4 Å². The van der Waals surface area contributed by atoms with Crippen molar-refractivity contribution in [1.29, 1.82) is 0 Å². The van der Waals surface area contributed by atoms with Crippen LogP contribution in [0.2, 0.25) is 0 Å². The van der Waals surface area contributed by atoms with E-state index in [-0.39, 0.29) is 0 Å². The van der Waals surface area contributed by atoms with Crippen LogP contribution in [0.5, 0.6) is 5.75 Å². The maximum Gasteiger partial charge on any atom is 0.175 e. The van der Waals surface area contributed by atoms with Crippen molar-refractivity contribution in [3.8, 4) is 5.75 Å². The number of nitrogens with zero attached hydrogens (tertiary/aromatic N) is 5. The number of rotatable bonds is 10. The molecule has 1 N–H and O–H groups in total. The Bertz CT molecular complexity index is 1120. The lowest BCUT2D eigenvalue weighted by molar-refractivity contribution is 0.408. The van der Waals surface area contributed by atoms with Crippen LogP contribution in [0.1, 0.15) is 47.5 Å². The minimum Gasteiger partial charge on any atom is -0.496 e. The molecule has 0 bridgehead atoms. The maximum absolute atomic E-state index is 5.59. The summed E-state index contributed by atoms with van der Waals surface area (Å²) in [7, 11) is 1.71. The molecule has 0 atom stereocenters. The van der Waals surface area contributed by atoms with Gasteiger partial charge >= 0.3 is 0 Å². The molecule has 0 unspecified atom stereocenters. The van der Waals surface area contributed by atoms with E-state index in [1.165, 1.54) is 4.88 Å². The quantitative estimate of drug-likeness (QED) is 0.393. The number of aromatic nitrogens is 6. The van der Waals surface area contributed by atoms with Gasteiger partial charge in [0.25, 0.3) is 0 Å². The van der Waals surface area contributed by atoms with Gasteiger partial charge in [-0.1, -0.05) is 37.6 Å². The molecule has 1 aromatic carbocycles. The van der Waals surface area contributed by atoms with E-state index in [4.69, 9.17) is 9.72 Å². The number of H-pyrrole nitrogens is 1. The van der Waals surface area contributed by atoms with Crippen molar-refractivity contribution in [2.75, 3.05) is 7.11 Å². The third kappa shape index (κ3) is 5.08. The second-order valence-corrected chi connectivity index (χ2v) is 8.31. The predicted molar refractivity (Wildman–Crippen MR) is 123 cm³/mol. The molecular formula is C23H26N6OS. The highest BCUT2D eigenvalue weighted by molar-refractivity contribution is 7.10. The van der Waals surface area contributed by atoms with E-state index in [0.717, 1.165) is 54.1 Å². The first kappa shape index (κ1) is 21.0. The number of methoxy groups -OCH3 is 1. The van der Waals surface area contributed by atoms with E-state index in [1.807, 2.05) is 24.4 Å². The zero-order valence-corrected chi connectivity index (χ0v) is 18.6. The summed E-state index contributed by atoms with van der Waals surface area (Å²) in [6.07, 6.45) is 7.99. The Hall–Kier alpha value is -3.26. The second-order valence-electron chi connectivity index (χ2n) is 7.28. The van der Waals surface area contributed by atoms with Crippen LogP contribution >= 0.6 is 11.3 Å². The number of hydrogen-bond acceptors (Lipinski definition) is 6. The largest absolute Gasteiger partial charge is 0.496 e. The second kappa shape index (κ2) is 10.2. The molecule has 160 valence electrons. The Labute approximate surface area is 185 Å². The SMILES string of the molecule is CCCCc1ncc(C=C(Cc2cccs2)c2nnn[nH]2)n1Cc1ccccc1OC. The van der Waals surface area contributed by atoms with Crippen LogP contribution < -0.4 is 4.74 Å². The molecule has 8 heteroatoms. The number of para-hydroxylation sites is 1. The van der Waals surface area contributed by atoms with Gasteiger partial charge in [-0.25, -0.2) is 10.1 Å². The highest BCUT2D eigenvalue weighted by Crippen LogP contribution is 2.25. The van der Waals surface area contributed by atoms with Gasteiger partial charge in [-0.15, -0.1) is 16.4 Å². The summed E-state index contributed by atoms with van der Waals surface area (Å²) in [6, 6.07) is 12.3. The van der Waals surface area contributed by atoms with Crippen molar-refractivity contribution in [1.82, 2.24) is 30.2 Å². The van der Waals surface area contributed by atoms with Gasteiger partial charge in [0.2, 0.25) is 0 Å². The topological polar surface area (TPSA) is 81.5 Å². The lowest BCUT2D eigenvalue weighted by Crippen LogP contribution is -2.08. The highest BCUT2D eigenvalue weighted by atomic mass is 32.1. The van der Waals surface area contributed by atoms with Gasteiger partial charge in [0.05, 0.1) is 25.5 Å². The van der Waals surface area contributed by atoms with Crippen molar-refractivity contribution < 1.29 is 4.74 Å². The van der Waals surface area contributed by atoms with Crippen LogP contribution in [0, 0.1) is 0 Å².